The molecule has 134 valence electrons. The van der Waals surface area contributed by atoms with Gasteiger partial charge in [-0.25, -0.2) is 4.90 Å². The van der Waals surface area contributed by atoms with Crippen molar-refractivity contribution in [1.82, 2.24) is 0 Å². The Morgan fingerprint density at radius 3 is 1.85 bits per heavy atom. The minimum absolute atomic E-state index is 0.343. The van der Waals surface area contributed by atoms with Crippen molar-refractivity contribution >= 4 is 56.1 Å². The summed E-state index contributed by atoms with van der Waals surface area (Å²) >= 11 is 6.20. The molecule has 1 aromatic carbocycles. The van der Waals surface area contributed by atoms with E-state index in [1.807, 2.05) is 26.0 Å². The van der Waals surface area contributed by atoms with Gasteiger partial charge in [0, 0.05) is 14.2 Å². The molecule has 0 aliphatic carbocycles. The summed E-state index contributed by atoms with van der Waals surface area (Å²) in [5.74, 6) is -0.0468. The zero-order valence-corrected chi connectivity index (χ0v) is 17.6. The van der Waals surface area contributed by atoms with Gasteiger partial charge in [0.15, 0.2) is 0 Å². The smallest absolute Gasteiger partial charge is 0.275 e. The molecule has 2 aromatic heterocycles. The minimum Gasteiger partial charge on any atom is -0.497 e. The van der Waals surface area contributed by atoms with Crippen molar-refractivity contribution in [1.29, 1.82) is 0 Å². The molecule has 0 aliphatic heterocycles. The lowest BCUT2D eigenvalue weighted by molar-refractivity contribution is 0.0902. The van der Waals surface area contributed by atoms with Gasteiger partial charge >= 0.3 is 0 Å². The number of nitrogens with zero attached hydrogens (tertiary/aromatic N) is 1. The van der Waals surface area contributed by atoms with Crippen LogP contribution in [0.25, 0.3) is 0 Å². The summed E-state index contributed by atoms with van der Waals surface area (Å²) in [5.41, 5.74) is 0.484. The summed E-state index contributed by atoms with van der Waals surface area (Å²) in [4.78, 5) is 30.6. The first-order chi connectivity index (χ1) is 12.4. The minimum atomic E-state index is -0.343. The topological polar surface area (TPSA) is 46.6 Å². The summed E-state index contributed by atoms with van der Waals surface area (Å²) in [6.45, 7) is 3.86. The van der Waals surface area contributed by atoms with Crippen LogP contribution in [0, 0.1) is 13.8 Å². The number of anilines is 1. The third-order valence-electron chi connectivity index (χ3n) is 3.70. The monoisotopic (exact) mass is 449 g/mol. The lowest BCUT2D eigenvalue weighted by Crippen LogP contribution is -2.36. The van der Waals surface area contributed by atoms with E-state index in [0.717, 1.165) is 9.75 Å². The Balaban J connectivity index is 2.09. The summed E-state index contributed by atoms with van der Waals surface area (Å²) in [5, 5.41) is 0. The van der Waals surface area contributed by atoms with E-state index in [4.69, 9.17) is 4.74 Å². The quantitative estimate of drug-likeness (QED) is 0.480. The fourth-order valence-electron chi connectivity index (χ4n) is 2.43. The van der Waals surface area contributed by atoms with E-state index in [9.17, 15) is 9.59 Å². The zero-order valence-electron chi connectivity index (χ0n) is 14.4. The molecule has 0 unspecified atom stereocenters. The summed E-state index contributed by atoms with van der Waals surface area (Å²) in [7, 11) is 1.57. The Bertz CT molecular complexity index is 925. The van der Waals surface area contributed by atoms with Gasteiger partial charge < -0.3 is 4.74 Å². The Hall–Kier alpha value is -1.96. The van der Waals surface area contributed by atoms with Crippen molar-refractivity contribution in [3.8, 4) is 5.75 Å². The number of rotatable bonds is 4. The highest BCUT2D eigenvalue weighted by Gasteiger charge is 2.29. The van der Waals surface area contributed by atoms with Crippen LogP contribution in [0.1, 0.15) is 29.1 Å². The van der Waals surface area contributed by atoms with Crippen LogP contribution < -0.4 is 9.64 Å². The number of imide groups is 1. The first-order valence-electron chi connectivity index (χ1n) is 7.76. The molecule has 26 heavy (non-hydrogen) atoms. The first-order valence-corrected chi connectivity index (χ1v) is 10.2. The standard InChI is InChI=1S/C19H16BrNO3S2/c1-11-4-8-16(25-11)18(22)21(19(23)17-9-5-12(2)26-17)15-7-6-13(24-3)10-14(15)20/h4-10H,1-3H3. The van der Waals surface area contributed by atoms with Crippen LogP contribution in [-0.4, -0.2) is 18.9 Å². The molecule has 0 saturated carbocycles. The first kappa shape index (κ1) is 18.8. The number of ether oxygens (including phenoxy) is 1. The maximum Gasteiger partial charge on any atom is 0.275 e. The van der Waals surface area contributed by atoms with E-state index in [-0.39, 0.29) is 11.8 Å². The van der Waals surface area contributed by atoms with Crippen LogP contribution in [0.3, 0.4) is 0 Å². The number of benzene rings is 1. The Labute approximate surface area is 168 Å². The molecule has 0 radical (unpaired) electrons. The van der Waals surface area contributed by atoms with Crippen LogP contribution in [-0.2, 0) is 0 Å². The molecule has 2 heterocycles. The molecule has 7 heteroatoms. The Morgan fingerprint density at radius 2 is 1.46 bits per heavy atom. The van der Waals surface area contributed by atoms with E-state index in [0.29, 0.717) is 25.7 Å². The van der Waals surface area contributed by atoms with Gasteiger partial charge in [-0.2, -0.15) is 0 Å². The van der Waals surface area contributed by atoms with Crippen LogP contribution in [0.2, 0.25) is 0 Å². The van der Waals surface area contributed by atoms with E-state index >= 15 is 0 Å². The number of aryl methyl sites for hydroxylation is 2. The van der Waals surface area contributed by atoms with Gasteiger partial charge in [-0.05, 0) is 72.2 Å². The van der Waals surface area contributed by atoms with Crippen molar-refractivity contribution in [2.75, 3.05) is 12.0 Å². The third-order valence-corrected chi connectivity index (χ3v) is 6.32. The van der Waals surface area contributed by atoms with Crippen LogP contribution in [0.15, 0.2) is 46.9 Å². The Morgan fingerprint density at radius 1 is 0.923 bits per heavy atom. The van der Waals surface area contributed by atoms with E-state index < -0.39 is 0 Å². The molecule has 0 N–H and O–H groups in total. The fraction of sp³-hybridized carbons (Fsp3) is 0.158. The molecule has 4 nitrogen and oxygen atoms in total. The van der Waals surface area contributed by atoms with Crippen LogP contribution in [0.5, 0.6) is 5.75 Å². The normalized spacial score (nSPS) is 10.6. The second-order valence-corrected chi connectivity index (χ2v) is 9.01. The van der Waals surface area contributed by atoms with Gasteiger partial charge in [0.2, 0.25) is 0 Å². The summed E-state index contributed by atoms with van der Waals surface area (Å²) < 4.78 is 5.82. The Kier molecular flexibility index (Phi) is 5.60. The van der Waals surface area contributed by atoms with Gasteiger partial charge in [0.1, 0.15) is 5.75 Å². The highest BCUT2D eigenvalue weighted by atomic mass is 79.9. The molecule has 0 saturated heterocycles. The number of thiophene rings is 2. The second kappa shape index (κ2) is 7.73. The largest absolute Gasteiger partial charge is 0.497 e. The molecule has 3 rings (SSSR count). The van der Waals surface area contributed by atoms with E-state index in [1.165, 1.54) is 27.6 Å². The van der Waals surface area contributed by atoms with E-state index in [1.54, 1.807) is 37.4 Å². The number of amides is 2. The molecular formula is C19H16BrNO3S2. The van der Waals surface area contributed by atoms with E-state index in [2.05, 4.69) is 15.9 Å². The molecule has 0 bridgehead atoms. The second-order valence-electron chi connectivity index (χ2n) is 5.58. The maximum absolute atomic E-state index is 13.2. The molecule has 0 fully saturated rings. The fourth-order valence-corrected chi connectivity index (χ4v) is 4.56. The van der Waals surface area contributed by atoms with Crippen molar-refractivity contribution in [3.63, 3.8) is 0 Å². The zero-order chi connectivity index (χ0) is 18.8. The summed E-state index contributed by atoms with van der Waals surface area (Å²) in [6, 6.07) is 12.4. The van der Waals surface area contributed by atoms with Gasteiger partial charge in [-0.15, -0.1) is 22.7 Å². The highest BCUT2D eigenvalue weighted by molar-refractivity contribution is 9.10. The molecular weight excluding hydrogens is 434 g/mol. The molecule has 3 aromatic rings. The SMILES string of the molecule is COc1ccc(N(C(=O)c2ccc(C)s2)C(=O)c2ccc(C)s2)c(Br)c1. The van der Waals surface area contributed by atoms with Gasteiger partial charge in [-0.3, -0.25) is 9.59 Å². The average molecular weight is 450 g/mol. The summed E-state index contributed by atoms with van der Waals surface area (Å²) in [6.07, 6.45) is 0. The lowest BCUT2D eigenvalue weighted by Gasteiger charge is -2.21. The predicted octanol–water partition coefficient (Wildman–Crippen LogP) is 5.68. The number of halogens is 1. The maximum atomic E-state index is 13.2. The number of hydrogen-bond acceptors (Lipinski definition) is 5. The number of carbonyl (C=O) groups is 2. The highest BCUT2D eigenvalue weighted by Crippen LogP contribution is 2.34. The van der Waals surface area contributed by atoms with Gasteiger partial charge in [0.05, 0.1) is 22.6 Å². The third kappa shape index (κ3) is 3.75. The molecule has 2 amide bonds. The molecule has 0 spiro atoms. The van der Waals surface area contributed by atoms with Gasteiger partial charge in [0.25, 0.3) is 11.8 Å². The lowest BCUT2D eigenvalue weighted by atomic mass is 10.2. The van der Waals surface area contributed by atoms with Crippen molar-refractivity contribution < 1.29 is 14.3 Å². The van der Waals surface area contributed by atoms with Crippen molar-refractivity contribution in [2.45, 2.75) is 13.8 Å². The number of hydrogen-bond donors (Lipinski definition) is 0. The molecule has 0 atom stereocenters. The van der Waals surface area contributed by atoms with Crippen molar-refractivity contribution in [3.05, 3.63) is 66.4 Å². The number of methoxy groups -OCH3 is 1. The van der Waals surface area contributed by atoms with Gasteiger partial charge in [-0.1, -0.05) is 0 Å². The molecule has 0 aliphatic rings. The van der Waals surface area contributed by atoms with Crippen molar-refractivity contribution in [2.24, 2.45) is 0 Å². The number of carbonyl (C=O) groups excluding carboxylic acids is 2. The van der Waals surface area contributed by atoms with Crippen LogP contribution >= 0.6 is 38.6 Å². The van der Waals surface area contributed by atoms with Crippen LogP contribution in [0.4, 0.5) is 5.69 Å². The predicted molar refractivity (Wildman–Crippen MR) is 110 cm³/mol. The average Bonchev–Trinajstić information content (AvgIpc) is 3.24.